The molecule has 0 aromatic heterocycles. The highest BCUT2D eigenvalue weighted by Gasteiger charge is 2.12. The zero-order valence-electron chi connectivity index (χ0n) is 12.8. The van der Waals surface area contributed by atoms with E-state index in [1.807, 2.05) is 26.0 Å². The number of rotatable bonds is 1. The molecule has 0 aliphatic rings. The van der Waals surface area contributed by atoms with Gasteiger partial charge in [-0.1, -0.05) is 46.8 Å². The molecule has 0 amide bonds. The van der Waals surface area contributed by atoms with Crippen molar-refractivity contribution in [2.75, 3.05) is 13.3 Å². The molecule has 0 bridgehead atoms. The van der Waals surface area contributed by atoms with E-state index in [0.29, 0.717) is 0 Å². The van der Waals surface area contributed by atoms with Gasteiger partial charge < -0.3 is 4.99 Å². The van der Waals surface area contributed by atoms with E-state index in [0.717, 1.165) is 4.90 Å². The van der Waals surface area contributed by atoms with Crippen LogP contribution in [0.5, 0.6) is 0 Å². The van der Waals surface area contributed by atoms with Crippen molar-refractivity contribution in [3.8, 4) is 0 Å². The molecule has 3 heteroatoms. The van der Waals surface area contributed by atoms with E-state index in [4.69, 9.17) is 0 Å². The highest BCUT2D eigenvalue weighted by molar-refractivity contribution is 7.84. The molecule has 0 heterocycles. The molecule has 1 atom stereocenters. The molecular weight excluding hydrogens is 242 g/mol. The van der Waals surface area contributed by atoms with Crippen LogP contribution in [0.3, 0.4) is 0 Å². The molecule has 2 nitrogen and oxygen atoms in total. The van der Waals surface area contributed by atoms with Gasteiger partial charge in [-0.3, -0.25) is 4.21 Å². The van der Waals surface area contributed by atoms with Crippen molar-refractivity contribution >= 4 is 17.5 Å². The molecule has 0 N–H and O–H groups in total. The maximum atomic E-state index is 11.1. The lowest BCUT2D eigenvalue weighted by molar-refractivity contribution is 0.589. The second-order valence-electron chi connectivity index (χ2n) is 4.54. The number of hydrogen-bond donors (Lipinski definition) is 0. The fourth-order valence-corrected chi connectivity index (χ4v) is 1.67. The highest BCUT2D eigenvalue weighted by Crippen LogP contribution is 2.22. The monoisotopic (exact) mass is 269 g/mol. The molecular formula is C15H27NOS. The molecule has 1 rings (SSSR count). The minimum absolute atomic E-state index is 0.174. The minimum Gasteiger partial charge on any atom is -0.304 e. The first-order chi connectivity index (χ1) is 8.32. The fourth-order valence-electron chi connectivity index (χ4n) is 1.15. The van der Waals surface area contributed by atoms with Crippen molar-refractivity contribution in [3.63, 3.8) is 0 Å². The van der Waals surface area contributed by atoms with Gasteiger partial charge in [0.2, 0.25) is 0 Å². The predicted molar refractivity (Wildman–Crippen MR) is 84.3 cm³/mol. The SMILES string of the molecule is C=NC.CC.CS(=O)c1ccc(C(C)(C)C)cc1. The van der Waals surface area contributed by atoms with Crippen molar-refractivity contribution in [2.24, 2.45) is 4.99 Å². The molecule has 1 unspecified atom stereocenters. The van der Waals surface area contributed by atoms with Gasteiger partial charge in [0.15, 0.2) is 0 Å². The van der Waals surface area contributed by atoms with Crippen LogP contribution in [0.15, 0.2) is 34.2 Å². The molecule has 0 spiro atoms. The number of aliphatic imine (C=N–C) groups is 1. The summed E-state index contributed by atoms with van der Waals surface area (Å²) in [5.74, 6) is 0. The van der Waals surface area contributed by atoms with E-state index in [1.165, 1.54) is 5.56 Å². The normalized spacial score (nSPS) is 11.3. The van der Waals surface area contributed by atoms with Crippen LogP contribution < -0.4 is 0 Å². The zero-order chi connectivity index (χ0) is 14.8. The predicted octanol–water partition coefficient (Wildman–Crippen LogP) is 4.06. The van der Waals surface area contributed by atoms with Crippen molar-refractivity contribution in [2.45, 2.75) is 44.9 Å². The van der Waals surface area contributed by atoms with Gasteiger partial charge in [-0.25, -0.2) is 0 Å². The first kappa shape index (κ1) is 19.4. The first-order valence-electron chi connectivity index (χ1n) is 6.11. The molecule has 0 aliphatic carbocycles. The van der Waals surface area contributed by atoms with Crippen molar-refractivity contribution < 1.29 is 4.21 Å². The lowest BCUT2D eigenvalue weighted by Gasteiger charge is -2.18. The Labute approximate surface area is 115 Å². The molecule has 104 valence electrons. The maximum Gasteiger partial charge on any atom is 0.0498 e. The van der Waals surface area contributed by atoms with Gasteiger partial charge in [0.25, 0.3) is 0 Å². The molecule has 0 aliphatic heterocycles. The Hall–Kier alpha value is -0.960. The van der Waals surface area contributed by atoms with Gasteiger partial charge in [-0.05, 0) is 29.8 Å². The Morgan fingerprint density at radius 2 is 1.44 bits per heavy atom. The highest BCUT2D eigenvalue weighted by atomic mass is 32.2. The Morgan fingerprint density at radius 1 is 1.11 bits per heavy atom. The minimum atomic E-state index is -0.864. The summed E-state index contributed by atoms with van der Waals surface area (Å²) >= 11 is 0. The standard InChI is InChI=1S/C11H16OS.C2H5N.C2H6/c1-11(2,3)9-5-7-10(8-6-9)13(4)12;1-3-2;1-2/h5-8H,1-4H3;1H2,2H3;1-2H3. The van der Waals surface area contributed by atoms with E-state index in [1.54, 1.807) is 13.3 Å². The second-order valence-corrected chi connectivity index (χ2v) is 5.92. The average molecular weight is 269 g/mol. The van der Waals surface area contributed by atoms with Crippen LogP contribution in [0.25, 0.3) is 0 Å². The van der Waals surface area contributed by atoms with Crippen LogP contribution in [0.4, 0.5) is 0 Å². The first-order valence-corrected chi connectivity index (χ1v) is 7.67. The number of hydrogen-bond acceptors (Lipinski definition) is 2. The van der Waals surface area contributed by atoms with Gasteiger partial charge in [-0.2, -0.15) is 0 Å². The summed E-state index contributed by atoms with van der Waals surface area (Å²) in [5, 5.41) is 0. The second kappa shape index (κ2) is 10.0. The van der Waals surface area contributed by atoms with Crippen LogP contribution in [-0.2, 0) is 16.2 Å². The van der Waals surface area contributed by atoms with Crippen LogP contribution in [0, 0.1) is 0 Å². The van der Waals surface area contributed by atoms with Gasteiger partial charge in [0, 0.05) is 29.0 Å². The Morgan fingerprint density at radius 3 is 1.67 bits per heavy atom. The maximum absolute atomic E-state index is 11.1. The Kier molecular flexibility index (Phi) is 10.8. The van der Waals surface area contributed by atoms with Gasteiger partial charge in [0.05, 0.1) is 0 Å². The smallest absolute Gasteiger partial charge is 0.0498 e. The molecule has 0 radical (unpaired) electrons. The van der Waals surface area contributed by atoms with Crippen LogP contribution >= 0.6 is 0 Å². The molecule has 0 fully saturated rings. The quantitative estimate of drug-likeness (QED) is 0.707. The molecule has 0 saturated carbocycles. The van der Waals surface area contributed by atoms with E-state index >= 15 is 0 Å². The summed E-state index contributed by atoms with van der Waals surface area (Å²) in [6.07, 6.45) is 1.70. The molecule has 1 aromatic rings. The topological polar surface area (TPSA) is 29.4 Å². The van der Waals surface area contributed by atoms with Gasteiger partial charge in [-0.15, -0.1) is 0 Å². The zero-order valence-corrected chi connectivity index (χ0v) is 13.6. The van der Waals surface area contributed by atoms with Crippen LogP contribution in [0.1, 0.15) is 40.2 Å². The summed E-state index contributed by atoms with van der Waals surface area (Å²) in [6.45, 7) is 13.6. The third-order valence-corrected chi connectivity index (χ3v) is 2.99. The average Bonchev–Trinajstić information content (AvgIpc) is 2.32. The lowest BCUT2D eigenvalue weighted by Crippen LogP contribution is -2.10. The van der Waals surface area contributed by atoms with Gasteiger partial charge >= 0.3 is 0 Å². The largest absolute Gasteiger partial charge is 0.304 e. The van der Waals surface area contributed by atoms with E-state index in [2.05, 4.69) is 44.6 Å². The molecule has 0 saturated heterocycles. The van der Waals surface area contributed by atoms with E-state index in [9.17, 15) is 4.21 Å². The van der Waals surface area contributed by atoms with Gasteiger partial charge in [0.1, 0.15) is 0 Å². The van der Waals surface area contributed by atoms with Crippen molar-refractivity contribution in [3.05, 3.63) is 29.8 Å². The van der Waals surface area contributed by atoms with Crippen molar-refractivity contribution in [1.29, 1.82) is 0 Å². The fraction of sp³-hybridized carbons (Fsp3) is 0.533. The summed E-state index contributed by atoms with van der Waals surface area (Å²) in [5.41, 5.74) is 1.45. The third kappa shape index (κ3) is 8.18. The number of nitrogens with zero attached hydrogens (tertiary/aromatic N) is 1. The summed E-state index contributed by atoms with van der Waals surface area (Å²) in [7, 11) is 0.775. The third-order valence-electron chi connectivity index (χ3n) is 2.05. The Balaban J connectivity index is 0. The number of benzene rings is 1. The molecule has 18 heavy (non-hydrogen) atoms. The van der Waals surface area contributed by atoms with Crippen molar-refractivity contribution in [1.82, 2.24) is 0 Å². The van der Waals surface area contributed by atoms with Crippen LogP contribution in [-0.4, -0.2) is 24.2 Å². The summed E-state index contributed by atoms with van der Waals surface area (Å²) in [4.78, 5) is 4.15. The van der Waals surface area contributed by atoms with E-state index < -0.39 is 10.8 Å². The van der Waals surface area contributed by atoms with E-state index in [-0.39, 0.29) is 5.41 Å². The molecule has 1 aromatic carbocycles. The summed E-state index contributed by atoms with van der Waals surface area (Å²) in [6, 6.07) is 7.99. The van der Waals surface area contributed by atoms with Crippen LogP contribution in [0.2, 0.25) is 0 Å². The summed E-state index contributed by atoms with van der Waals surface area (Å²) < 4.78 is 11.1. The Bertz CT molecular complexity index is 350. The lowest BCUT2D eigenvalue weighted by atomic mass is 9.87.